The highest BCUT2D eigenvalue weighted by Crippen LogP contribution is 2.15. The third kappa shape index (κ3) is 53.7. The first-order valence-electron chi connectivity index (χ1n) is 28.4. The molecule has 0 amide bonds. The van der Waals surface area contributed by atoms with E-state index in [-0.39, 0.29) is 31.1 Å². The molecule has 6 heteroatoms. The molecular formula is C61H106O6. The van der Waals surface area contributed by atoms with Crippen molar-refractivity contribution in [3.8, 4) is 0 Å². The highest BCUT2D eigenvalue weighted by molar-refractivity contribution is 5.71. The lowest BCUT2D eigenvalue weighted by Gasteiger charge is -2.18. The van der Waals surface area contributed by atoms with E-state index in [1.807, 2.05) is 0 Å². The fraction of sp³-hybridized carbons (Fsp3) is 0.754. The fourth-order valence-corrected chi connectivity index (χ4v) is 7.89. The molecule has 0 radical (unpaired) electrons. The van der Waals surface area contributed by atoms with Gasteiger partial charge in [-0.25, -0.2) is 0 Å². The van der Waals surface area contributed by atoms with Crippen LogP contribution in [0, 0.1) is 0 Å². The lowest BCUT2D eigenvalue weighted by Crippen LogP contribution is -2.30. The summed E-state index contributed by atoms with van der Waals surface area (Å²) in [5.41, 5.74) is 0. The Morgan fingerprint density at radius 2 is 0.582 bits per heavy atom. The summed E-state index contributed by atoms with van der Waals surface area (Å²) in [4.78, 5) is 38.1. The smallest absolute Gasteiger partial charge is 0.306 e. The highest BCUT2D eigenvalue weighted by Gasteiger charge is 2.19. The summed E-state index contributed by atoms with van der Waals surface area (Å²) in [6.45, 7) is 6.49. The van der Waals surface area contributed by atoms with Crippen molar-refractivity contribution in [2.45, 2.75) is 284 Å². The molecule has 0 aromatic carbocycles. The summed E-state index contributed by atoms with van der Waals surface area (Å²) in [7, 11) is 0. The van der Waals surface area contributed by atoms with Crippen LogP contribution in [0.5, 0.6) is 0 Å². The Labute approximate surface area is 414 Å². The van der Waals surface area contributed by atoms with E-state index in [1.165, 1.54) is 122 Å². The predicted molar refractivity (Wildman–Crippen MR) is 288 cm³/mol. The van der Waals surface area contributed by atoms with E-state index in [1.54, 1.807) is 0 Å². The average molecular weight is 936 g/mol. The Morgan fingerprint density at radius 3 is 0.955 bits per heavy atom. The fourth-order valence-electron chi connectivity index (χ4n) is 7.89. The van der Waals surface area contributed by atoms with Crippen molar-refractivity contribution in [2.24, 2.45) is 0 Å². The molecule has 0 aliphatic rings. The molecule has 386 valence electrons. The normalized spacial score (nSPS) is 12.6. The number of hydrogen-bond acceptors (Lipinski definition) is 6. The second-order valence-electron chi connectivity index (χ2n) is 18.8. The zero-order valence-corrected chi connectivity index (χ0v) is 44.2. The van der Waals surface area contributed by atoms with E-state index in [2.05, 4.69) is 93.7 Å². The van der Waals surface area contributed by atoms with E-state index in [4.69, 9.17) is 14.2 Å². The van der Waals surface area contributed by atoms with Crippen LogP contribution in [-0.2, 0) is 28.6 Å². The van der Waals surface area contributed by atoms with Gasteiger partial charge in [-0.2, -0.15) is 0 Å². The minimum Gasteiger partial charge on any atom is -0.462 e. The first-order valence-corrected chi connectivity index (χ1v) is 28.4. The zero-order chi connectivity index (χ0) is 48.6. The summed E-state index contributed by atoms with van der Waals surface area (Å²) < 4.78 is 16.8. The second kappa shape index (κ2) is 55.4. The Morgan fingerprint density at radius 1 is 0.313 bits per heavy atom. The van der Waals surface area contributed by atoms with Crippen LogP contribution in [0.2, 0.25) is 0 Å². The molecule has 0 aromatic rings. The van der Waals surface area contributed by atoms with Crippen molar-refractivity contribution in [1.82, 2.24) is 0 Å². The quantitative estimate of drug-likeness (QED) is 0.0262. The molecule has 0 aliphatic heterocycles. The lowest BCUT2D eigenvalue weighted by molar-refractivity contribution is -0.167. The maximum absolute atomic E-state index is 12.9. The average Bonchev–Trinajstić information content (AvgIpc) is 3.33. The molecule has 1 atom stereocenters. The van der Waals surface area contributed by atoms with E-state index < -0.39 is 6.10 Å². The van der Waals surface area contributed by atoms with E-state index in [0.717, 1.165) is 116 Å². The van der Waals surface area contributed by atoms with Gasteiger partial charge >= 0.3 is 17.9 Å². The Kier molecular flexibility index (Phi) is 52.8. The first-order chi connectivity index (χ1) is 33.0. The third-order valence-corrected chi connectivity index (χ3v) is 12.2. The second-order valence-corrected chi connectivity index (χ2v) is 18.8. The topological polar surface area (TPSA) is 78.9 Å². The number of esters is 3. The molecule has 6 nitrogen and oxygen atoms in total. The summed E-state index contributed by atoms with van der Waals surface area (Å²) in [5.74, 6) is -0.913. The Balaban J connectivity index is 4.41. The van der Waals surface area contributed by atoms with Crippen LogP contribution in [0.15, 0.2) is 72.9 Å². The molecule has 0 aliphatic carbocycles. The minimum atomic E-state index is -0.790. The van der Waals surface area contributed by atoms with Crippen LogP contribution in [0.4, 0.5) is 0 Å². The van der Waals surface area contributed by atoms with Crippen molar-refractivity contribution in [1.29, 1.82) is 0 Å². The van der Waals surface area contributed by atoms with Crippen molar-refractivity contribution in [2.75, 3.05) is 13.2 Å². The van der Waals surface area contributed by atoms with Crippen LogP contribution in [-0.4, -0.2) is 37.2 Å². The van der Waals surface area contributed by atoms with Gasteiger partial charge in [0.15, 0.2) is 6.10 Å². The van der Waals surface area contributed by atoms with Gasteiger partial charge in [0.1, 0.15) is 13.2 Å². The van der Waals surface area contributed by atoms with Crippen LogP contribution >= 0.6 is 0 Å². The largest absolute Gasteiger partial charge is 0.462 e. The summed E-state index contributed by atoms with van der Waals surface area (Å²) >= 11 is 0. The van der Waals surface area contributed by atoms with Crippen LogP contribution in [0.25, 0.3) is 0 Å². The molecule has 0 saturated heterocycles. The highest BCUT2D eigenvalue weighted by atomic mass is 16.6. The molecule has 0 N–H and O–H groups in total. The zero-order valence-electron chi connectivity index (χ0n) is 44.2. The van der Waals surface area contributed by atoms with Crippen molar-refractivity contribution in [3.63, 3.8) is 0 Å². The molecule has 0 bridgehead atoms. The van der Waals surface area contributed by atoms with Gasteiger partial charge in [0.05, 0.1) is 0 Å². The maximum Gasteiger partial charge on any atom is 0.306 e. The molecule has 67 heavy (non-hydrogen) atoms. The van der Waals surface area contributed by atoms with Gasteiger partial charge in [-0.1, -0.05) is 222 Å². The molecule has 0 rings (SSSR count). The van der Waals surface area contributed by atoms with Gasteiger partial charge in [0.25, 0.3) is 0 Å². The van der Waals surface area contributed by atoms with E-state index >= 15 is 0 Å². The number of carbonyl (C=O) groups excluding carboxylic acids is 3. The molecule has 0 unspecified atom stereocenters. The molecule has 0 saturated carbocycles. The molecular weight excluding hydrogens is 829 g/mol. The van der Waals surface area contributed by atoms with Crippen molar-refractivity contribution in [3.05, 3.63) is 72.9 Å². The van der Waals surface area contributed by atoms with Gasteiger partial charge in [0, 0.05) is 19.3 Å². The predicted octanol–water partition coefficient (Wildman–Crippen LogP) is 19.0. The molecule has 0 spiro atoms. The number of allylic oxidation sites excluding steroid dienone is 12. The third-order valence-electron chi connectivity index (χ3n) is 12.2. The van der Waals surface area contributed by atoms with Gasteiger partial charge in [-0.15, -0.1) is 0 Å². The summed E-state index contributed by atoms with van der Waals surface area (Å²) in [6, 6.07) is 0. The summed E-state index contributed by atoms with van der Waals surface area (Å²) in [5, 5.41) is 0. The molecule has 0 aromatic heterocycles. The number of rotatable bonds is 51. The minimum absolute atomic E-state index is 0.0887. The molecule has 0 heterocycles. The van der Waals surface area contributed by atoms with Crippen LogP contribution < -0.4 is 0 Å². The Bertz CT molecular complexity index is 1260. The number of unbranched alkanes of at least 4 members (excludes halogenated alkanes) is 28. The van der Waals surface area contributed by atoms with E-state index in [9.17, 15) is 14.4 Å². The van der Waals surface area contributed by atoms with Crippen molar-refractivity contribution >= 4 is 17.9 Å². The standard InChI is InChI=1S/C61H106O6/c1-4-7-10-13-16-19-22-25-28-29-30-31-34-37-40-43-46-49-52-55-61(64)67-58(56-65-59(62)53-50-47-44-41-38-35-32-26-23-20-17-14-11-8-5-2)57-66-60(63)54-51-48-45-42-39-36-33-27-24-21-18-15-12-9-6-3/h8,11,17-18,20-21,25-28,32-33,58H,4-7,9-10,12-16,19,22-24,29-31,34-57H2,1-3H3/b11-8-,20-17-,21-18-,28-25-,32-26-,33-27-/t58-/m1/s1. The van der Waals surface area contributed by atoms with Crippen molar-refractivity contribution < 1.29 is 28.6 Å². The van der Waals surface area contributed by atoms with Crippen LogP contribution in [0.3, 0.4) is 0 Å². The Hall–Kier alpha value is -3.15. The van der Waals surface area contributed by atoms with Crippen LogP contribution in [0.1, 0.15) is 278 Å². The van der Waals surface area contributed by atoms with Gasteiger partial charge < -0.3 is 14.2 Å². The number of carbonyl (C=O) groups is 3. The van der Waals surface area contributed by atoms with Gasteiger partial charge in [-0.05, 0) is 109 Å². The maximum atomic E-state index is 12.9. The number of hydrogen-bond donors (Lipinski definition) is 0. The SMILES string of the molecule is CC/C=C\C/C=C\C/C=C\CCCCCCCC(=O)OC[C@H](COC(=O)CCCCCCC/C=C\C/C=C\CCCCC)OC(=O)CCCCCCCCCCC/C=C\CCCCCCCC. The summed E-state index contributed by atoms with van der Waals surface area (Å²) in [6.07, 6.45) is 70.3. The molecule has 0 fully saturated rings. The monoisotopic (exact) mass is 935 g/mol. The first kappa shape index (κ1) is 63.8. The van der Waals surface area contributed by atoms with Gasteiger partial charge in [0.2, 0.25) is 0 Å². The van der Waals surface area contributed by atoms with Gasteiger partial charge in [-0.3, -0.25) is 14.4 Å². The van der Waals surface area contributed by atoms with E-state index in [0.29, 0.717) is 19.3 Å². The number of ether oxygens (including phenoxy) is 3. The lowest BCUT2D eigenvalue weighted by atomic mass is 10.1.